The fraction of sp³-hybridized carbons (Fsp3) is 0.538. The van der Waals surface area contributed by atoms with Gasteiger partial charge < -0.3 is 10.6 Å². The van der Waals surface area contributed by atoms with Crippen LogP contribution in [0.1, 0.15) is 25.5 Å². The zero-order valence-electron chi connectivity index (χ0n) is 10.6. The van der Waals surface area contributed by atoms with Crippen LogP contribution in [0.15, 0.2) is 24.3 Å². The molecular formula is C13H22N2S. The number of rotatable bonds is 5. The molecule has 0 amide bonds. The van der Waals surface area contributed by atoms with E-state index in [0.717, 1.165) is 5.75 Å². The largest absolute Gasteiger partial charge is 0.371 e. The molecule has 0 heterocycles. The topological polar surface area (TPSA) is 29.3 Å². The lowest BCUT2D eigenvalue weighted by Gasteiger charge is -2.29. The molecule has 0 spiro atoms. The van der Waals surface area contributed by atoms with Gasteiger partial charge in [-0.2, -0.15) is 11.8 Å². The van der Waals surface area contributed by atoms with Crippen LogP contribution in [0.25, 0.3) is 0 Å². The Hall–Kier alpha value is -0.670. The molecule has 0 aliphatic rings. The molecule has 0 aromatic heterocycles. The third-order valence-corrected chi connectivity index (χ3v) is 3.69. The van der Waals surface area contributed by atoms with E-state index >= 15 is 0 Å². The predicted octanol–water partition coefficient (Wildman–Crippen LogP) is 2.89. The Balaban J connectivity index is 2.93. The first-order valence-corrected chi connectivity index (χ1v) is 7.03. The van der Waals surface area contributed by atoms with Crippen molar-refractivity contribution >= 4 is 17.4 Å². The number of anilines is 1. The quantitative estimate of drug-likeness (QED) is 0.855. The van der Waals surface area contributed by atoms with E-state index in [-0.39, 0.29) is 6.04 Å². The highest BCUT2D eigenvalue weighted by Crippen LogP contribution is 2.25. The maximum absolute atomic E-state index is 5.99. The van der Waals surface area contributed by atoms with Gasteiger partial charge in [-0.15, -0.1) is 0 Å². The van der Waals surface area contributed by atoms with Gasteiger partial charge in [0.2, 0.25) is 0 Å². The molecule has 2 nitrogen and oxygen atoms in total. The predicted molar refractivity (Wildman–Crippen MR) is 75.3 cm³/mol. The van der Waals surface area contributed by atoms with Crippen LogP contribution in [-0.2, 0) is 0 Å². The van der Waals surface area contributed by atoms with Crippen molar-refractivity contribution in [1.29, 1.82) is 0 Å². The lowest BCUT2D eigenvalue weighted by Crippen LogP contribution is -2.32. The third-order valence-electron chi connectivity index (χ3n) is 2.88. The molecule has 3 heteroatoms. The fourth-order valence-electron chi connectivity index (χ4n) is 1.78. The lowest BCUT2D eigenvalue weighted by atomic mass is 10.1. The highest BCUT2D eigenvalue weighted by atomic mass is 32.2. The van der Waals surface area contributed by atoms with Crippen molar-refractivity contribution in [3.8, 4) is 0 Å². The van der Waals surface area contributed by atoms with Crippen molar-refractivity contribution in [2.24, 2.45) is 5.73 Å². The molecule has 0 saturated heterocycles. The van der Waals surface area contributed by atoms with Gasteiger partial charge in [-0.05, 0) is 31.7 Å². The standard InChI is InChI=1S/C13H22N2S/c1-10(9-16-4)15(3)13-8-6-5-7-12(13)11(2)14/h5-8,10-11H,9,14H2,1-4H3/t10?,11-/m0/s1. The second-order valence-electron chi connectivity index (χ2n) is 4.26. The van der Waals surface area contributed by atoms with E-state index in [1.807, 2.05) is 18.7 Å². The minimum atomic E-state index is 0.0835. The molecule has 0 bridgehead atoms. The zero-order valence-corrected chi connectivity index (χ0v) is 11.4. The number of hydrogen-bond acceptors (Lipinski definition) is 3. The zero-order chi connectivity index (χ0) is 12.1. The summed E-state index contributed by atoms with van der Waals surface area (Å²) in [6.07, 6.45) is 2.14. The lowest BCUT2D eigenvalue weighted by molar-refractivity contribution is 0.743. The molecule has 1 aromatic carbocycles. The van der Waals surface area contributed by atoms with Gasteiger partial charge in [-0.25, -0.2) is 0 Å². The second kappa shape index (κ2) is 6.16. The van der Waals surface area contributed by atoms with Crippen molar-refractivity contribution in [1.82, 2.24) is 0 Å². The van der Waals surface area contributed by atoms with E-state index in [1.54, 1.807) is 0 Å². The normalized spacial score (nSPS) is 14.6. The molecule has 90 valence electrons. The van der Waals surface area contributed by atoms with Crippen molar-refractivity contribution in [3.05, 3.63) is 29.8 Å². The summed E-state index contributed by atoms with van der Waals surface area (Å²) < 4.78 is 0. The minimum absolute atomic E-state index is 0.0835. The SMILES string of the molecule is CSCC(C)N(C)c1ccccc1[C@H](C)N. The smallest absolute Gasteiger partial charge is 0.0414 e. The molecule has 0 aliphatic carbocycles. The fourth-order valence-corrected chi connectivity index (χ4v) is 2.49. The van der Waals surface area contributed by atoms with Crippen LogP contribution in [0.3, 0.4) is 0 Å². The molecule has 0 aliphatic heterocycles. The number of thioether (sulfide) groups is 1. The van der Waals surface area contributed by atoms with Crippen LogP contribution in [0, 0.1) is 0 Å². The average molecular weight is 238 g/mol. The van der Waals surface area contributed by atoms with Crippen molar-refractivity contribution in [2.45, 2.75) is 25.9 Å². The van der Waals surface area contributed by atoms with E-state index in [2.05, 4.69) is 49.4 Å². The molecule has 2 N–H and O–H groups in total. The Morgan fingerprint density at radius 1 is 1.31 bits per heavy atom. The Labute approximate surface area is 103 Å². The molecule has 0 fully saturated rings. The first-order chi connectivity index (χ1) is 7.57. The number of nitrogens with zero attached hydrogens (tertiary/aromatic N) is 1. The Morgan fingerprint density at radius 2 is 1.94 bits per heavy atom. The number of benzene rings is 1. The Kier molecular flexibility index (Phi) is 5.16. The van der Waals surface area contributed by atoms with Crippen molar-refractivity contribution in [2.75, 3.05) is 24.0 Å². The summed E-state index contributed by atoms with van der Waals surface area (Å²) in [5.41, 5.74) is 8.46. The van der Waals surface area contributed by atoms with Gasteiger partial charge in [0.1, 0.15) is 0 Å². The van der Waals surface area contributed by atoms with Gasteiger partial charge in [-0.3, -0.25) is 0 Å². The van der Waals surface area contributed by atoms with Crippen LogP contribution in [0.4, 0.5) is 5.69 Å². The summed E-state index contributed by atoms with van der Waals surface area (Å²) in [5.74, 6) is 1.13. The molecule has 1 aromatic rings. The van der Waals surface area contributed by atoms with Gasteiger partial charge in [0.05, 0.1) is 0 Å². The summed E-state index contributed by atoms with van der Waals surface area (Å²) in [6.45, 7) is 4.28. The Morgan fingerprint density at radius 3 is 2.50 bits per heavy atom. The van der Waals surface area contributed by atoms with Crippen LogP contribution in [0.2, 0.25) is 0 Å². The molecule has 1 rings (SSSR count). The van der Waals surface area contributed by atoms with Gasteiger partial charge in [0, 0.05) is 30.6 Å². The van der Waals surface area contributed by atoms with E-state index in [0.29, 0.717) is 6.04 Å². The molecular weight excluding hydrogens is 216 g/mol. The molecule has 1 unspecified atom stereocenters. The second-order valence-corrected chi connectivity index (χ2v) is 5.17. The highest BCUT2D eigenvalue weighted by molar-refractivity contribution is 7.98. The first kappa shape index (κ1) is 13.4. The molecule has 0 saturated carbocycles. The summed E-state index contributed by atoms with van der Waals surface area (Å²) >= 11 is 1.87. The minimum Gasteiger partial charge on any atom is -0.371 e. The monoisotopic (exact) mass is 238 g/mol. The summed E-state index contributed by atoms with van der Waals surface area (Å²) in [7, 11) is 2.14. The molecule has 16 heavy (non-hydrogen) atoms. The Bertz CT molecular complexity index is 325. The van der Waals surface area contributed by atoms with Crippen LogP contribution in [-0.4, -0.2) is 25.1 Å². The summed E-state index contributed by atoms with van der Waals surface area (Å²) in [4.78, 5) is 2.31. The first-order valence-electron chi connectivity index (χ1n) is 5.64. The van der Waals surface area contributed by atoms with Crippen LogP contribution in [0.5, 0.6) is 0 Å². The molecule has 2 atom stereocenters. The van der Waals surface area contributed by atoms with Gasteiger partial charge in [0.25, 0.3) is 0 Å². The highest BCUT2D eigenvalue weighted by Gasteiger charge is 2.14. The maximum Gasteiger partial charge on any atom is 0.0414 e. The number of para-hydroxylation sites is 1. The third kappa shape index (κ3) is 3.16. The van der Waals surface area contributed by atoms with E-state index in [4.69, 9.17) is 5.73 Å². The summed E-state index contributed by atoms with van der Waals surface area (Å²) in [6, 6.07) is 8.99. The van der Waals surface area contributed by atoms with Crippen molar-refractivity contribution < 1.29 is 0 Å². The van der Waals surface area contributed by atoms with E-state index < -0.39 is 0 Å². The van der Waals surface area contributed by atoms with Gasteiger partial charge in [0.15, 0.2) is 0 Å². The van der Waals surface area contributed by atoms with Crippen LogP contribution < -0.4 is 10.6 Å². The summed E-state index contributed by atoms with van der Waals surface area (Å²) in [5, 5.41) is 0. The van der Waals surface area contributed by atoms with E-state index in [9.17, 15) is 0 Å². The van der Waals surface area contributed by atoms with E-state index in [1.165, 1.54) is 11.3 Å². The van der Waals surface area contributed by atoms with Crippen LogP contribution >= 0.6 is 11.8 Å². The van der Waals surface area contributed by atoms with Gasteiger partial charge >= 0.3 is 0 Å². The number of hydrogen-bond donors (Lipinski definition) is 1. The maximum atomic E-state index is 5.99. The van der Waals surface area contributed by atoms with Gasteiger partial charge in [-0.1, -0.05) is 18.2 Å². The average Bonchev–Trinajstić information content (AvgIpc) is 2.28. The number of nitrogens with two attached hydrogens (primary N) is 1. The molecule has 0 radical (unpaired) electrons. The van der Waals surface area contributed by atoms with Crippen molar-refractivity contribution in [3.63, 3.8) is 0 Å².